The maximum atomic E-state index is 11.9. The Labute approximate surface area is 144 Å². The topological polar surface area (TPSA) is 50.4 Å². The number of urea groups is 1. The molecule has 0 spiro atoms. The fraction of sp³-hybridized carbons (Fsp3) is 0.350. The average molecular weight is 326 g/mol. The molecular weight excluding hydrogens is 300 g/mol. The molecule has 0 saturated heterocycles. The minimum absolute atomic E-state index is 0.114. The normalized spacial score (nSPS) is 11.0. The number of nitrogens with one attached hydrogen (secondary N) is 2. The summed E-state index contributed by atoms with van der Waals surface area (Å²) in [6, 6.07) is 17.9. The lowest BCUT2D eigenvalue weighted by atomic mass is 9.85. The summed E-state index contributed by atoms with van der Waals surface area (Å²) in [6.07, 6.45) is 0. The van der Waals surface area contributed by atoms with Crippen LogP contribution in [0.1, 0.15) is 25.0 Å². The van der Waals surface area contributed by atoms with E-state index in [0.29, 0.717) is 19.7 Å². The summed E-state index contributed by atoms with van der Waals surface area (Å²) in [5, 5.41) is 5.74. The fourth-order valence-electron chi connectivity index (χ4n) is 2.32. The van der Waals surface area contributed by atoms with Crippen LogP contribution in [0.2, 0.25) is 0 Å². The predicted octanol–water partition coefficient (Wildman–Crippen LogP) is 3.65. The summed E-state index contributed by atoms with van der Waals surface area (Å²) < 4.78 is 5.58. The van der Waals surface area contributed by atoms with E-state index in [1.807, 2.05) is 49.4 Å². The van der Waals surface area contributed by atoms with E-state index in [9.17, 15) is 4.79 Å². The minimum Gasteiger partial charge on any atom is -0.492 e. The van der Waals surface area contributed by atoms with Crippen molar-refractivity contribution in [2.75, 3.05) is 19.7 Å². The lowest BCUT2D eigenvalue weighted by molar-refractivity contribution is 0.234. The van der Waals surface area contributed by atoms with Gasteiger partial charge in [-0.25, -0.2) is 4.79 Å². The van der Waals surface area contributed by atoms with Gasteiger partial charge in [0.2, 0.25) is 0 Å². The fourth-order valence-corrected chi connectivity index (χ4v) is 2.32. The molecule has 0 aliphatic carbocycles. The monoisotopic (exact) mass is 326 g/mol. The zero-order valence-electron chi connectivity index (χ0n) is 14.6. The minimum atomic E-state index is -0.175. The van der Waals surface area contributed by atoms with Crippen molar-refractivity contribution in [3.05, 3.63) is 65.7 Å². The first kappa shape index (κ1) is 17.9. The van der Waals surface area contributed by atoms with Crippen molar-refractivity contribution in [2.24, 2.45) is 0 Å². The highest BCUT2D eigenvalue weighted by atomic mass is 16.5. The summed E-state index contributed by atoms with van der Waals surface area (Å²) in [7, 11) is 0. The quantitative estimate of drug-likeness (QED) is 0.763. The first-order valence-electron chi connectivity index (χ1n) is 8.24. The number of hydrogen-bond donors (Lipinski definition) is 2. The smallest absolute Gasteiger partial charge is 0.314 e. The van der Waals surface area contributed by atoms with Crippen molar-refractivity contribution in [3.63, 3.8) is 0 Å². The predicted molar refractivity (Wildman–Crippen MR) is 97.5 cm³/mol. The van der Waals surface area contributed by atoms with Crippen molar-refractivity contribution in [1.29, 1.82) is 0 Å². The molecule has 2 aromatic carbocycles. The van der Waals surface area contributed by atoms with Crippen molar-refractivity contribution >= 4 is 6.03 Å². The second-order valence-electron chi connectivity index (χ2n) is 6.52. The molecule has 0 saturated carbocycles. The lowest BCUT2D eigenvalue weighted by Gasteiger charge is -2.25. The van der Waals surface area contributed by atoms with E-state index >= 15 is 0 Å². The van der Waals surface area contributed by atoms with Crippen LogP contribution >= 0.6 is 0 Å². The third-order valence-electron chi connectivity index (χ3n) is 3.92. The van der Waals surface area contributed by atoms with Gasteiger partial charge in [0.25, 0.3) is 0 Å². The van der Waals surface area contributed by atoms with Gasteiger partial charge in [-0.3, -0.25) is 0 Å². The molecule has 0 bridgehead atoms. The molecule has 2 rings (SSSR count). The summed E-state index contributed by atoms with van der Waals surface area (Å²) in [6.45, 7) is 7.74. The van der Waals surface area contributed by atoms with Gasteiger partial charge in [0, 0.05) is 12.0 Å². The maximum Gasteiger partial charge on any atom is 0.314 e. The van der Waals surface area contributed by atoms with Gasteiger partial charge >= 0.3 is 6.03 Å². The van der Waals surface area contributed by atoms with Crippen molar-refractivity contribution in [3.8, 4) is 5.75 Å². The van der Waals surface area contributed by atoms with Crippen LogP contribution < -0.4 is 15.4 Å². The van der Waals surface area contributed by atoms with Gasteiger partial charge in [0.15, 0.2) is 0 Å². The van der Waals surface area contributed by atoms with Crippen LogP contribution in [-0.2, 0) is 5.41 Å². The van der Waals surface area contributed by atoms with Crippen molar-refractivity contribution in [1.82, 2.24) is 10.6 Å². The highest BCUT2D eigenvalue weighted by molar-refractivity contribution is 5.73. The van der Waals surface area contributed by atoms with Crippen LogP contribution in [0.5, 0.6) is 5.75 Å². The molecule has 128 valence electrons. The Morgan fingerprint density at radius 3 is 2.33 bits per heavy atom. The molecule has 4 nitrogen and oxygen atoms in total. The van der Waals surface area contributed by atoms with E-state index in [0.717, 1.165) is 5.75 Å². The molecule has 2 amide bonds. The van der Waals surface area contributed by atoms with Gasteiger partial charge in [-0.05, 0) is 24.6 Å². The average Bonchev–Trinajstić information content (AvgIpc) is 2.59. The van der Waals surface area contributed by atoms with E-state index in [4.69, 9.17) is 4.74 Å². The number of carbonyl (C=O) groups is 1. The van der Waals surface area contributed by atoms with Crippen molar-refractivity contribution in [2.45, 2.75) is 26.2 Å². The summed E-state index contributed by atoms with van der Waals surface area (Å²) in [4.78, 5) is 11.9. The molecule has 0 heterocycles. The lowest BCUT2D eigenvalue weighted by Crippen LogP contribution is -2.43. The van der Waals surface area contributed by atoms with Gasteiger partial charge in [0.1, 0.15) is 12.4 Å². The number of hydrogen-bond acceptors (Lipinski definition) is 2. The van der Waals surface area contributed by atoms with E-state index in [2.05, 4.69) is 36.6 Å². The Morgan fingerprint density at radius 2 is 1.67 bits per heavy atom. The first-order valence-corrected chi connectivity index (χ1v) is 8.24. The highest BCUT2D eigenvalue weighted by Gasteiger charge is 2.20. The Hall–Kier alpha value is -2.49. The standard InChI is InChI=1S/C20H26N2O2/c1-16-9-11-18(12-10-16)24-14-13-21-19(23)22-15-20(2,3)17-7-5-4-6-8-17/h4-12H,13-15H2,1-3H3,(H2,21,22,23). The molecule has 0 aromatic heterocycles. The molecule has 0 radical (unpaired) electrons. The van der Waals surface area contributed by atoms with Crippen LogP contribution in [0.3, 0.4) is 0 Å². The molecule has 0 unspecified atom stereocenters. The van der Waals surface area contributed by atoms with E-state index in [1.165, 1.54) is 11.1 Å². The Bertz CT molecular complexity index is 636. The maximum absolute atomic E-state index is 11.9. The van der Waals surface area contributed by atoms with Crippen LogP contribution in [-0.4, -0.2) is 25.7 Å². The van der Waals surface area contributed by atoms with E-state index < -0.39 is 0 Å². The van der Waals surface area contributed by atoms with E-state index in [1.54, 1.807) is 0 Å². The second-order valence-corrected chi connectivity index (χ2v) is 6.52. The van der Waals surface area contributed by atoms with E-state index in [-0.39, 0.29) is 11.4 Å². The zero-order chi connectivity index (χ0) is 17.4. The van der Waals surface area contributed by atoms with Gasteiger partial charge in [-0.15, -0.1) is 0 Å². The Balaban J connectivity index is 1.67. The second kappa shape index (κ2) is 8.39. The third-order valence-corrected chi connectivity index (χ3v) is 3.92. The third kappa shape index (κ3) is 5.61. The molecular formula is C20H26N2O2. The van der Waals surface area contributed by atoms with Crippen LogP contribution in [0.4, 0.5) is 4.79 Å². The van der Waals surface area contributed by atoms with Crippen LogP contribution in [0.25, 0.3) is 0 Å². The molecule has 0 fully saturated rings. The number of rotatable bonds is 7. The number of ether oxygens (including phenoxy) is 1. The van der Waals surface area contributed by atoms with Gasteiger partial charge < -0.3 is 15.4 Å². The van der Waals surface area contributed by atoms with Gasteiger partial charge in [-0.2, -0.15) is 0 Å². The molecule has 0 atom stereocenters. The number of benzene rings is 2. The SMILES string of the molecule is Cc1ccc(OCCNC(=O)NCC(C)(C)c2ccccc2)cc1. The number of carbonyl (C=O) groups excluding carboxylic acids is 1. The van der Waals surface area contributed by atoms with Crippen LogP contribution in [0, 0.1) is 6.92 Å². The first-order chi connectivity index (χ1) is 11.5. The Morgan fingerprint density at radius 1 is 1.00 bits per heavy atom. The van der Waals surface area contributed by atoms with Crippen LogP contribution in [0.15, 0.2) is 54.6 Å². The van der Waals surface area contributed by atoms with Crippen molar-refractivity contribution < 1.29 is 9.53 Å². The largest absolute Gasteiger partial charge is 0.492 e. The number of aryl methyl sites for hydroxylation is 1. The molecule has 0 aliphatic heterocycles. The molecule has 2 N–H and O–H groups in total. The molecule has 24 heavy (non-hydrogen) atoms. The molecule has 2 aromatic rings. The number of amides is 2. The summed E-state index contributed by atoms with van der Waals surface area (Å²) in [5.74, 6) is 0.813. The Kier molecular flexibility index (Phi) is 6.24. The molecule has 4 heteroatoms. The highest BCUT2D eigenvalue weighted by Crippen LogP contribution is 2.21. The molecule has 0 aliphatic rings. The summed E-state index contributed by atoms with van der Waals surface area (Å²) >= 11 is 0. The summed E-state index contributed by atoms with van der Waals surface area (Å²) in [5.41, 5.74) is 2.28. The van der Waals surface area contributed by atoms with Gasteiger partial charge in [-0.1, -0.05) is 61.9 Å². The van der Waals surface area contributed by atoms with Gasteiger partial charge in [0.05, 0.1) is 6.54 Å². The zero-order valence-corrected chi connectivity index (χ0v) is 14.6.